The number of hydrogen-bond acceptors (Lipinski definition) is 1. The Labute approximate surface area is 86.5 Å². The summed E-state index contributed by atoms with van der Waals surface area (Å²) in [6, 6.07) is 8.79. The van der Waals surface area contributed by atoms with Gasteiger partial charge in [0.15, 0.2) is 0 Å². The van der Waals surface area contributed by atoms with Gasteiger partial charge in [-0.05, 0) is 31.9 Å². The second kappa shape index (κ2) is 4.83. The van der Waals surface area contributed by atoms with Gasteiger partial charge in [0.05, 0.1) is 6.04 Å². The number of rotatable bonds is 3. The predicted octanol–water partition coefficient (Wildman–Crippen LogP) is 2.67. The third-order valence-corrected chi connectivity index (χ3v) is 2.40. The van der Waals surface area contributed by atoms with Crippen LogP contribution in [0.1, 0.15) is 31.0 Å². The molecule has 1 unspecified atom stereocenters. The maximum Gasteiger partial charge on any atom is 0.0662 e. The van der Waals surface area contributed by atoms with Crippen molar-refractivity contribution >= 4 is 0 Å². The van der Waals surface area contributed by atoms with Gasteiger partial charge in [-0.3, -0.25) is 5.32 Å². The summed E-state index contributed by atoms with van der Waals surface area (Å²) >= 11 is 0. The zero-order chi connectivity index (χ0) is 10.6. The van der Waals surface area contributed by atoms with Crippen molar-refractivity contribution in [3.8, 4) is 12.3 Å². The van der Waals surface area contributed by atoms with Crippen molar-refractivity contribution in [1.29, 1.82) is 0 Å². The zero-order valence-electron chi connectivity index (χ0n) is 9.04. The van der Waals surface area contributed by atoms with Crippen LogP contribution in [0.5, 0.6) is 0 Å². The molecule has 14 heavy (non-hydrogen) atoms. The molecule has 0 aliphatic rings. The average Bonchev–Trinajstić information content (AvgIpc) is 2.18. The Hall–Kier alpha value is -1.26. The second-order valence-corrected chi connectivity index (χ2v) is 3.63. The van der Waals surface area contributed by atoms with Crippen molar-refractivity contribution in [3.05, 3.63) is 35.4 Å². The van der Waals surface area contributed by atoms with Crippen LogP contribution < -0.4 is 5.32 Å². The normalized spacial score (nSPS) is 14.4. The summed E-state index contributed by atoms with van der Waals surface area (Å²) in [6.07, 6.45) is 5.32. The average molecular weight is 187 g/mol. The van der Waals surface area contributed by atoms with Gasteiger partial charge in [-0.25, -0.2) is 0 Å². The molecule has 2 atom stereocenters. The molecule has 0 heterocycles. The maximum atomic E-state index is 5.32. The van der Waals surface area contributed by atoms with Gasteiger partial charge >= 0.3 is 0 Å². The minimum Gasteiger partial charge on any atom is -0.297 e. The number of hydrogen-bond donors (Lipinski definition) is 1. The number of nitrogens with one attached hydrogen (secondary N) is 1. The van der Waals surface area contributed by atoms with E-state index in [1.807, 2.05) is 6.92 Å². The molecule has 1 N–H and O–H groups in total. The van der Waals surface area contributed by atoms with Gasteiger partial charge in [0.25, 0.3) is 0 Å². The molecule has 0 fully saturated rings. The van der Waals surface area contributed by atoms with Crippen LogP contribution in [0.15, 0.2) is 24.3 Å². The van der Waals surface area contributed by atoms with Crippen LogP contribution in [0.3, 0.4) is 0 Å². The lowest BCUT2D eigenvalue weighted by Crippen LogP contribution is -2.27. The minimum absolute atomic E-state index is 0.115. The van der Waals surface area contributed by atoms with E-state index in [1.165, 1.54) is 11.1 Å². The first-order valence-corrected chi connectivity index (χ1v) is 4.93. The van der Waals surface area contributed by atoms with E-state index in [0.29, 0.717) is 6.04 Å². The van der Waals surface area contributed by atoms with E-state index in [0.717, 1.165) is 0 Å². The second-order valence-electron chi connectivity index (χ2n) is 3.63. The fraction of sp³-hybridized carbons (Fsp3) is 0.385. The van der Waals surface area contributed by atoms with Crippen LogP contribution in [0.2, 0.25) is 0 Å². The van der Waals surface area contributed by atoms with E-state index in [4.69, 9.17) is 6.42 Å². The standard InChI is InChI=1S/C13H17N/c1-5-11(3)14-12(4)13-9-7-6-8-10(13)2/h1,6-9,11-12,14H,2-4H3/t11?,12-/m0/s1. The highest BCUT2D eigenvalue weighted by Crippen LogP contribution is 2.16. The maximum absolute atomic E-state index is 5.32. The predicted molar refractivity (Wildman–Crippen MR) is 61.0 cm³/mol. The number of terminal acetylenes is 1. The summed E-state index contributed by atoms with van der Waals surface area (Å²) in [7, 11) is 0. The summed E-state index contributed by atoms with van der Waals surface area (Å²) in [5.74, 6) is 2.67. The summed E-state index contributed by atoms with van der Waals surface area (Å²) in [5.41, 5.74) is 2.62. The lowest BCUT2D eigenvalue weighted by molar-refractivity contribution is 0.544. The number of aryl methyl sites for hydroxylation is 1. The van der Waals surface area contributed by atoms with Crippen LogP contribution in [0.25, 0.3) is 0 Å². The van der Waals surface area contributed by atoms with E-state index in [-0.39, 0.29) is 6.04 Å². The lowest BCUT2D eigenvalue weighted by Gasteiger charge is -2.18. The molecule has 0 spiro atoms. The van der Waals surface area contributed by atoms with Crippen LogP contribution in [0.4, 0.5) is 0 Å². The Morgan fingerprint density at radius 1 is 1.29 bits per heavy atom. The molecule has 0 aliphatic carbocycles. The molecular formula is C13H17N. The molecule has 0 amide bonds. The molecule has 0 bridgehead atoms. The first-order valence-electron chi connectivity index (χ1n) is 4.93. The van der Waals surface area contributed by atoms with Crippen molar-refractivity contribution in [3.63, 3.8) is 0 Å². The Morgan fingerprint density at radius 2 is 1.93 bits per heavy atom. The molecule has 0 saturated heterocycles. The molecule has 0 aliphatic heterocycles. The van der Waals surface area contributed by atoms with Gasteiger partial charge in [-0.2, -0.15) is 0 Å². The van der Waals surface area contributed by atoms with Crippen molar-refractivity contribution < 1.29 is 0 Å². The smallest absolute Gasteiger partial charge is 0.0662 e. The first-order chi connectivity index (χ1) is 6.65. The van der Waals surface area contributed by atoms with Crippen LogP contribution in [-0.4, -0.2) is 6.04 Å². The first kappa shape index (κ1) is 10.8. The van der Waals surface area contributed by atoms with E-state index in [9.17, 15) is 0 Å². The highest BCUT2D eigenvalue weighted by molar-refractivity contribution is 5.28. The monoisotopic (exact) mass is 187 g/mol. The highest BCUT2D eigenvalue weighted by atomic mass is 14.9. The molecule has 0 saturated carbocycles. The number of benzene rings is 1. The minimum atomic E-state index is 0.115. The Morgan fingerprint density at radius 3 is 2.50 bits per heavy atom. The van der Waals surface area contributed by atoms with Gasteiger partial charge in [0.2, 0.25) is 0 Å². The summed E-state index contributed by atoms with van der Waals surface area (Å²) in [6.45, 7) is 6.25. The third kappa shape index (κ3) is 2.61. The molecular weight excluding hydrogens is 170 g/mol. The molecule has 1 aromatic carbocycles. The summed E-state index contributed by atoms with van der Waals surface area (Å²) in [5, 5.41) is 3.35. The molecule has 0 radical (unpaired) electrons. The fourth-order valence-electron chi connectivity index (χ4n) is 1.59. The van der Waals surface area contributed by atoms with E-state index < -0.39 is 0 Å². The summed E-state index contributed by atoms with van der Waals surface area (Å²) < 4.78 is 0. The highest BCUT2D eigenvalue weighted by Gasteiger charge is 2.08. The molecule has 1 aromatic rings. The van der Waals surface area contributed by atoms with Crippen LogP contribution in [-0.2, 0) is 0 Å². The molecule has 74 valence electrons. The van der Waals surface area contributed by atoms with Crippen molar-refractivity contribution in [1.82, 2.24) is 5.32 Å². The lowest BCUT2D eigenvalue weighted by atomic mass is 10.0. The van der Waals surface area contributed by atoms with E-state index >= 15 is 0 Å². The van der Waals surface area contributed by atoms with Crippen molar-refractivity contribution in [2.24, 2.45) is 0 Å². The molecule has 0 aromatic heterocycles. The molecule has 1 nitrogen and oxygen atoms in total. The van der Waals surface area contributed by atoms with E-state index in [2.05, 4.69) is 49.4 Å². The zero-order valence-corrected chi connectivity index (χ0v) is 9.04. The quantitative estimate of drug-likeness (QED) is 0.717. The van der Waals surface area contributed by atoms with Gasteiger partial charge in [-0.15, -0.1) is 6.42 Å². The van der Waals surface area contributed by atoms with Gasteiger partial charge in [-0.1, -0.05) is 30.2 Å². The van der Waals surface area contributed by atoms with Crippen molar-refractivity contribution in [2.45, 2.75) is 32.9 Å². The summed E-state index contributed by atoms with van der Waals surface area (Å²) in [4.78, 5) is 0. The Kier molecular flexibility index (Phi) is 3.73. The Balaban J connectivity index is 2.75. The molecule has 1 rings (SSSR count). The van der Waals surface area contributed by atoms with Crippen LogP contribution in [0, 0.1) is 19.3 Å². The van der Waals surface area contributed by atoms with Gasteiger partial charge < -0.3 is 0 Å². The SMILES string of the molecule is C#CC(C)N[C@@H](C)c1ccccc1C. The topological polar surface area (TPSA) is 12.0 Å². The molecule has 1 heteroatoms. The van der Waals surface area contributed by atoms with Gasteiger partial charge in [0, 0.05) is 6.04 Å². The fourth-order valence-corrected chi connectivity index (χ4v) is 1.59. The third-order valence-electron chi connectivity index (χ3n) is 2.40. The van der Waals surface area contributed by atoms with Crippen LogP contribution >= 0.6 is 0 Å². The Bertz CT molecular complexity index is 335. The van der Waals surface area contributed by atoms with Crippen molar-refractivity contribution in [2.75, 3.05) is 0 Å². The largest absolute Gasteiger partial charge is 0.297 e. The van der Waals surface area contributed by atoms with E-state index in [1.54, 1.807) is 0 Å². The van der Waals surface area contributed by atoms with Gasteiger partial charge in [0.1, 0.15) is 0 Å².